The number of hydrogen-bond acceptors (Lipinski definition) is 2. The maximum atomic E-state index is 13.8. The molecule has 0 amide bonds. The van der Waals surface area contributed by atoms with Gasteiger partial charge in [-0.15, -0.1) is 0 Å². The molecule has 0 saturated heterocycles. The minimum absolute atomic E-state index is 0.124. The molecule has 2 rings (SSSR count). The summed E-state index contributed by atoms with van der Waals surface area (Å²) in [5, 5.41) is 8.78. The molecular weight excluding hydrogens is 199 g/mol. The number of rotatable bonds is 3. The molecule has 1 N–H and O–H groups in total. The number of benzene rings is 1. The SMILES string of the molecule is COc1ccc(C(=O)O)c(F)c1C1CC1. The number of carboxylic acids is 1. The molecule has 1 aliphatic rings. The molecule has 0 aromatic heterocycles. The Kier molecular flexibility index (Phi) is 2.34. The highest BCUT2D eigenvalue weighted by molar-refractivity contribution is 5.88. The van der Waals surface area contributed by atoms with Crippen molar-refractivity contribution in [1.29, 1.82) is 0 Å². The third kappa shape index (κ3) is 1.67. The monoisotopic (exact) mass is 210 g/mol. The number of carboxylic acid groups (broad SMARTS) is 1. The Balaban J connectivity index is 2.55. The largest absolute Gasteiger partial charge is 0.496 e. The van der Waals surface area contributed by atoms with Gasteiger partial charge in [-0.25, -0.2) is 9.18 Å². The fraction of sp³-hybridized carbons (Fsp3) is 0.364. The van der Waals surface area contributed by atoms with Gasteiger partial charge in [-0.1, -0.05) is 0 Å². The highest BCUT2D eigenvalue weighted by Crippen LogP contribution is 2.46. The topological polar surface area (TPSA) is 46.5 Å². The third-order valence-electron chi connectivity index (χ3n) is 2.58. The Morgan fingerprint density at radius 2 is 2.20 bits per heavy atom. The number of aromatic carboxylic acids is 1. The molecule has 15 heavy (non-hydrogen) atoms. The Hall–Kier alpha value is -1.58. The molecule has 0 spiro atoms. The fourth-order valence-electron chi connectivity index (χ4n) is 1.67. The van der Waals surface area contributed by atoms with Crippen LogP contribution in [0.15, 0.2) is 12.1 Å². The second-order valence-electron chi connectivity index (χ2n) is 3.62. The highest BCUT2D eigenvalue weighted by Gasteiger charge is 2.32. The van der Waals surface area contributed by atoms with Crippen molar-refractivity contribution in [2.75, 3.05) is 7.11 Å². The average molecular weight is 210 g/mol. The summed E-state index contributed by atoms with van der Waals surface area (Å²) in [7, 11) is 1.46. The first kappa shape index (κ1) is 9.96. The van der Waals surface area contributed by atoms with Crippen LogP contribution in [0.5, 0.6) is 5.75 Å². The zero-order chi connectivity index (χ0) is 11.0. The van der Waals surface area contributed by atoms with Crippen LogP contribution in [-0.4, -0.2) is 18.2 Å². The maximum absolute atomic E-state index is 13.8. The van der Waals surface area contributed by atoms with Crippen LogP contribution in [0.3, 0.4) is 0 Å². The summed E-state index contributed by atoms with van der Waals surface area (Å²) in [6, 6.07) is 2.75. The molecular formula is C11H11FO3. The molecule has 4 heteroatoms. The first-order valence-electron chi connectivity index (χ1n) is 4.74. The predicted octanol–water partition coefficient (Wildman–Crippen LogP) is 2.41. The van der Waals surface area contributed by atoms with Gasteiger partial charge in [-0.3, -0.25) is 0 Å². The Bertz CT molecular complexity index is 411. The number of carbonyl (C=O) groups is 1. The van der Waals surface area contributed by atoms with Crippen molar-refractivity contribution in [2.45, 2.75) is 18.8 Å². The molecule has 1 aromatic carbocycles. The molecule has 0 radical (unpaired) electrons. The van der Waals surface area contributed by atoms with E-state index in [1.165, 1.54) is 19.2 Å². The summed E-state index contributed by atoms with van der Waals surface area (Å²) < 4.78 is 18.8. The summed E-state index contributed by atoms with van der Waals surface area (Å²) in [6.07, 6.45) is 1.80. The van der Waals surface area contributed by atoms with Crippen molar-refractivity contribution in [3.63, 3.8) is 0 Å². The van der Waals surface area contributed by atoms with E-state index in [1.54, 1.807) is 0 Å². The first-order chi connectivity index (χ1) is 7.15. The molecule has 3 nitrogen and oxygen atoms in total. The third-order valence-corrected chi connectivity index (χ3v) is 2.58. The van der Waals surface area contributed by atoms with Crippen molar-refractivity contribution >= 4 is 5.97 Å². The van der Waals surface area contributed by atoms with Crippen LogP contribution in [0.2, 0.25) is 0 Å². The highest BCUT2D eigenvalue weighted by atomic mass is 19.1. The lowest BCUT2D eigenvalue weighted by molar-refractivity contribution is 0.0691. The van der Waals surface area contributed by atoms with Gasteiger partial charge >= 0.3 is 5.97 Å². The number of hydrogen-bond donors (Lipinski definition) is 1. The number of methoxy groups -OCH3 is 1. The van der Waals surface area contributed by atoms with Crippen LogP contribution in [0.4, 0.5) is 4.39 Å². The average Bonchev–Trinajstić information content (AvgIpc) is 3.00. The minimum atomic E-state index is -1.24. The molecule has 0 bridgehead atoms. The lowest BCUT2D eigenvalue weighted by Gasteiger charge is -2.10. The van der Waals surface area contributed by atoms with Gasteiger partial charge in [-0.05, 0) is 30.9 Å². The first-order valence-corrected chi connectivity index (χ1v) is 4.74. The quantitative estimate of drug-likeness (QED) is 0.833. The van der Waals surface area contributed by atoms with Crippen LogP contribution in [-0.2, 0) is 0 Å². The van der Waals surface area contributed by atoms with E-state index in [1.807, 2.05) is 0 Å². The van der Waals surface area contributed by atoms with E-state index in [4.69, 9.17) is 9.84 Å². The van der Waals surface area contributed by atoms with Gasteiger partial charge in [0.05, 0.1) is 12.7 Å². The second-order valence-corrected chi connectivity index (χ2v) is 3.62. The van der Waals surface area contributed by atoms with E-state index in [2.05, 4.69) is 0 Å². The van der Waals surface area contributed by atoms with Gasteiger partial charge in [0.25, 0.3) is 0 Å². The van der Waals surface area contributed by atoms with Crippen LogP contribution in [0.1, 0.15) is 34.7 Å². The Morgan fingerprint density at radius 1 is 1.53 bits per heavy atom. The molecule has 1 fully saturated rings. The zero-order valence-corrected chi connectivity index (χ0v) is 8.29. The molecule has 0 heterocycles. The molecule has 1 saturated carbocycles. The maximum Gasteiger partial charge on any atom is 0.338 e. The minimum Gasteiger partial charge on any atom is -0.496 e. The molecule has 0 aliphatic heterocycles. The van der Waals surface area contributed by atoms with Crippen molar-refractivity contribution < 1.29 is 19.0 Å². The lowest BCUT2D eigenvalue weighted by Crippen LogP contribution is -2.05. The van der Waals surface area contributed by atoms with E-state index in [0.29, 0.717) is 11.3 Å². The van der Waals surface area contributed by atoms with Gasteiger partial charge in [-0.2, -0.15) is 0 Å². The summed E-state index contributed by atoms with van der Waals surface area (Å²) in [6.45, 7) is 0. The summed E-state index contributed by atoms with van der Waals surface area (Å²) in [5.41, 5.74) is 0.134. The van der Waals surface area contributed by atoms with Crippen molar-refractivity contribution in [1.82, 2.24) is 0 Å². The van der Waals surface area contributed by atoms with E-state index >= 15 is 0 Å². The number of halogens is 1. The second kappa shape index (κ2) is 3.53. The molecule has 1 aromatic rings. The van der Waals surface area contributed by atoms with Crippen molar-refractivity contribution in [2.24, 2.45) is 0 Å². The standard InChI is InChI=1S/C11H11FO3/c1-15-8-5-4-7(11(13)14)10(12)9(8)6-2-3-6/h4-6H,2-3H2,1H3,(H,13,14). The zero-order valence-electron chi connectivity index (χ0n) is 8.29. The van der Waals surface area contributed by atoms with E-state index in [0.717, 1.165) is 12.8 Å². The van der Waals surface area contributed by atoms with Gasteiger partial charge in [0, 0.05) is 5.56 Å². The van der Waals surface area contributed by atoms with Gasteiger partial charge in [0.2, 0.25) is 0 Å². The number of ether oxygens (including phenoxy) is 1. The fourth-order valence-corrected chi connectivity index (χ4v) is 1.67. The van der Waals surface area contributed by atoms with Crippen LogP contribution in [0, 0.1) is 5.82 Å². The molecule has 1 aliphatic carbocycles. The smallest absolute Gasteiger partial charge is 0.338 e. The summed E-state index contributed by atoms with van der Waals surface area (Å²) >= 11 is 0. The van der Waals surface area contributed by atoms with E-state index < -0.39 is 11.8 Å². The molecule has 80 valence electrons. The van der Waals surface area contributed by atoms with Crippen LogP contribution < -0.4 is 4.74 Å². The van der Waals surface area contributed by atoms with Gasteiger partial charge in [0.1, 0.15) is 11.6 Å². The molecule has 0 atom stereocenters. The summed E-state index contributed by atoms with van der Waals surface area (Å²) in [5.74, 6) is -1.32. The molecule has 0 unspecified atom stereocenters. The van der Waals surface area contributed by atoms with Gasteiger partial charge < -0.3 is 9.84 Å². The van der Waals surface area contributed by atoms with Crippen molar-refractivity contribution in [3.05, 3.63) is 29.1 Å². The van der Waals surface area contributed by atoms with Crippen molar-refractivity contribution in [3.8, 4) is 5.75 Å². The lowest BCUT2D eigenvalue weighted by atomic mass is 10.0. The van der Waals surface area contributed by atoms with E-state index in [9.17, 15) is 9.18 Å². The Labute approximate surface area is 86.5 Å². The van der Waals surface area contributed by atoms with E-state index in [-0.39, 0.29) is 11.5 Å². The summed E-state index contributed by atoms with van der Waals surface area (Å²) in [4.78, 5) is 10.7. The Morgan fingerprint density at radius 3 is 2.67 bits per heavy atom. The van der Waals surface area contributed by atoms with Gasteiger partial charge in [0.15, 0.2) is 0 Å². The normalized spacial score (nSPS) is 15.1. The predicted molar refractivity (Wildman–Crippen MR) is 51.9 cm³/mol. The van der Waals surface area contributed by atoms with Crippen LogP contribution >= 0.6 is 0 Å². The van der Waals surface area contributed by atoms with Crippen LogP contribution in [0.25, 0.3) is 0 Å².